The van der Waals surface area contributed by atoms with Crippen LogP contribution in [0.2, 0.25) is 5.02 Å². The number of ether oxygens (including phenoxy) is 3. The summed E-state index contributed by atoms with van der Waals surface area (Å²) in [6, 6.07) is 12.2. The Hall–Kier alpha value is -6.25. The van der Waals surface area contributed by atoms with E-state index in [1.165, 1.54) is 0 Å². The van der Waals surface area contributed by atoms with Crippen LogP contribution in [0, 0.1) is 22.2 Å². The van der Waals surface area contributed by atoms with Gasteiger partial charge in [0.15, 0.2) is 5.82 Å². The Morgan fingerprint density at radius 2 is 1.62 bits per heavy atom. The topological polar surface area (TPSA) is 200 Å². The molecular weight excluding hydrogens is 922 g/mol. The zero-order valence-corrected chi connectivity index (χ0v) is 42.9. The molecule has 0 spiro atoms. The molecule has 3 fully saturated rings. The number of unbranched alkanes of at least 4 members (excludes halogenated alkanes) is 3. The summed E-state index contributed by atoms with van der Waals surface area (Å²) in [5, 5.41) is 19.1. The van der Waals surface area contributed by atoms with Crippen LogP contribution in [0.5, 0.6) is 11.5 Å². The van der Waals surface area contributed by atoms with Gasteiger partial charge in [0.25, 0.3) is 11.8 Å². The average Bonchev–Trinajstić information content (AvgIpc) is 3.91. The second-order valence-corrected chi connectivity index (χ2v) is 20.8. The van der Waals surface area contributed by atoms with Gasteiger partial charge in [0.2, 0.25) is 17.8 Å². The highest BCUT2D eigenvalue weighted by atomic mass is 35.5. The molecule has 18 heteroatoms. The van der Waals surface area contributed by atoms with Crippen LogP contribution in [0.15, 0.2) is 55.0 Å². The highest BCUT2D eigenvalue weighted by molar-refractivity contribution is 6.31. The number of methoxy groups -OCH3 is 1. The van der Waals surface area contributed by atoms with Crippen LogP contribution in [0.1, 0.15) is 132 Å². The fourth-order valence-corrected chi connectivity index (χ4v) is 11.5. The summed E-state index contributed by atoms with van der Waals surface area (Å²) < 4.78 is 18.3. The molecule has 2 aromatic heterocycles. The number of nitrogens with one attached hydrogen (secondary N) is 3. The van der Waals surface area contributed by atoms with Crippen molar-refractivity contribution in [1.82, 2.24) is 30.6 Å². The van der Waals surface area contributed by atoms with Gasteiger partial charge < -0.3 is 44.9 Å². The molecule has 17 nitrogen and oxygen atoms in total. The number of piperidine rings is 1. The fraction of sp³-hybridized carbons (Fsp3) is 0.547. The van der Waals surface area contributed by atoms with Crippen molar-refractivity contribution in [3.05, 3.63) is 76.7 Å². The zero-order chi connectivity index (χ0) is 50.5. The van der Waals surface area contributed by atoms with Gasteiger partial charge in [-0.15, -0.1) is 0 Å². The summed E-state index contributed by atoms with van der Waals surface area (Å²) in [5.74, 6) is 2.50. The molecule has 4 aromatic rings. The minimum Gasteiger partial charge on any atom is -0.495 e. The third-order valence-electron chi connectivity index (χ3n) is 14.9. The molecule has 71 heavy (non-hydrogen) atoms. The number of nitrogens with zero attached hydrogens (tertiary/aromatic N) is 8. The Balaban J connectivity index is 0.715. The fourth-order valence-electron chi connectivity index (χ4n) is 11.3. The second-order valence-electron chi connectivity index (χ2n) is 20.4. The lowest BCUT2D eigenvalue weighted by Gasteiger charge is -2.63. The maximum Gasteiger partial charge on any atom is 0.254 e. The van der Waals surface area contributed by atoms with Gasteiger partial charge in [-0.2, -0.15) is 10.2 Å². The molecule has 2 aliphatic heterocycles. The number of hydrogen-bond acceptors (Lipinski definition) is 14. The van der Waals surface area contributed by atoms with Gasteiger partial charge >= 0.3 is 0 Å². The summed E-state index contributed by atoms with van der Waals surface area (Å²) in [5.41, 5.74) is 1.84. The van der Waals surface area contributed by atoms with Crippen molar-refractivity contribution in [1.29, 1.82) is 5.26 Å². The Morgan fingerprint density at radius 1 is 0.901 bits per heavy atom. The minimum atomic E-state index is -0.389. The van der Waals surface area contributed by atoms with Crippen LogP contribution < -0.4 is 40.1 Å². The quantitative estimate of drug-likeness (QED) is 0.0754. The first-order valence-corrected chi connectivity index (χ1v) is 25.5. The highest BCUT2D eigenvalue weighted by Crippen LogP contribution is 2.55. The molecule has 8 rings (SSSR count). The molecule has 1 atom stereocenters. The summed E-state index contributed by atoms with van der Waals surface area (Å²) in [4.78, 5) is 64.5. The molecule has 2 aliphatic carbocycles. The van der Waals surface area contributed by atoms with E-state index in [2.05, 4.69) is 74.5 Å². The number of amides is 3. The van der Waals surface area contributed by atoms with E-state index in [9.17, 15) is 19.6 Å². The predicted octanol–water partition coefficient (Wildman–Crippen LogP) is 8.64. The number of aromatic nitrogens is 4. The number of benzene rings is 2. The van der Waals surface area contributed by atoms with Crippen molar-refractivity contribution in [3.63, 3.8) is 0 Å². The normalized spacial score (nSPS) is 20.7. The standard InChI is InChI=1S/C53H68ClN11O6/c1-8-41-47(68)63(6)42-32-57-50(61-44(42)65(41)36-15-11-12-16-36)60-40-20-18-33(27-43(40)69-7)45(66)56-23-13-9-10-14-26-70-37-21-24-64(25-22-37)51-58-30-35(31-59-51)46(67)62-48-52(2,3)49(53(48,4)5)71-38-19-17-34(29-55)39(54)28-38/h17-20,27-28,30-32,36-37,41,48-49H,8-16,21-26H2,1-7H3,(H,56,66)(H,62,67)(H,57,60,61)/t41-,48?,49?/m1/s1. The van der Waals surface area contributed by atoms with Gasteiger partial charge in [-0.25, -0.2) is 15.0 Å². The van der Waals surface area contributed by atoms with Crippen molar-refractivity contribution < 1.29 is 28.6 Å². The minimum absolute atomic E-state index is 0.0695. The first-order chi connectivity index (χ1) is 34.1. The number of anilines is 5. The van der Waals surface area contributed by atoms with E-state index in [-0.39, 0.29) is 58.9 Å². The van der Waals surface area contributed by atoms with Crippen LogP contribution >= 0.6 is 11.6 Å². The molecule has 2 aromatic carbocycles. The molecule has 378 valence electrons. The second kappa shape index (κ2) is 22.0. The Labute approximate surface area is 422 Å². The maximum atomic E-state index is 13.4. The number of rotatable bonds is 19. The molecule has 3 amide bonds. The number of carbonyl (C=O) groups excluding carboxylic acids is 3. The molecular formula is C53H68ClN11O6. The summed E-state index contributed by atoms with van der Waals surface area (Å²) >= 11 is 6.25. The lowest BCUT2D eigenvalue weighted by atomic mass is 9.49. The van der Waals surface area contributed by atoms with E-state index in [1.807, 2.05) is 6.92 Å². The lowest BCUT2D eigenvalue weighted by molar-refractivity contribution is -0.164. The molecule has 2 saturated carbocycles. The Kier molecular flexibility index (Phi) is 15.9. The highest BCUT2D eigenvalue weighted by Gasteiger charge is 2.64. The number of likely N-dealkylation sites (N-methyl/N-ethyl adjacent to an activating group) is 1. The van der Waals surface area contributed by atoms with E-state index in [0.717, 1.165) is 83.1 Å². The smallest absolute Gasteiger partial charge is 0.254 e. The molecule has 0 unspecified atom stereocenters. The summed E-state index contributed by atoms with van der Waals surface area (Å²) in [7, 11) is 3.36. The maximum absolute atomic E-state index is 13.4. The van der Waals surface area contributed by atoms with Gasteiger partial charge in [0, 0.05) is 80.2 Å². The Bertz CT molecular complexity index is 2580. The lowest BCUT2D eigenvalue weighted by Crippen LogP contribution is -2.74. The van der Waals surface area contributed by atoms with E-state index < -0.39 is 0 Å². The largest absolute Gasteiger partial charge is 0.495 e. The van der Waals surface area contributed by atoms with Crippen molar-refractivity contribution in [3.8, 4) is 17.6 Å². The van der Waals surface area contributed by atoms with E-state index >= 15 is 0 Å². The summed E-state index contributed by atoms with van der Waals surface area (Å²) in [6.07, 6.45) is 15.4. The predicted molar refractivity (Wildman–Crippen MR) is 274 cm³/mol. The number of halogens is 1. The molecule has 0 bridgehead atoms. The van der Waals surface area contributed by atoms with Gasteiger partial charge in [0.05, 0.1) is 41.2 Å². The van der Waals surface area contributed by atoms with Crippen molar-refractivity contribution >= 4 is 58.4 Å². The number of carbonyl (C=O) groups is 3. The van der Waals surface area contributed by atoms with Crippen LogP contribution in [-0.2, 0) is 9.53 Å². The molecule has 0 radical (unpaired) electrons. The van der Waals surface area contributed by atoms with Crippen LogP contribution in [0.3, 0.4) is 0 Å². The monoisotopic (exact) mass is 990 g/mol. The molecule has 3 N–H and O–H groups in total. The van der Waals surface area contributed by atoms with E-state index in [4.69, 9.17) is 30.8 Å². The third kappa shape index (κ3) is 11.0. The number of nitriles is 1. The first kappa shape index (κ1) is 51.1. The van der Waals surface area contributed by atoms with E-state index in [0.29, 0.717) is 76.1 Å². The molecule has 4 aliphatic rings. The van der Waals surface area contributed by atoms with Gasteiger partial charge in [-0.3, -0.25) is 14.4 Å². The van der Waals surface area contributed by atoms with Crippen LogP contribution in [0.4, 0.5) is 29.1 Å². The average molecular weight is 991 g/mol. The molecule has 4 heterocycles. The van der Waals surface area contributed by atoms with Gasteiger partial charge in [-0.1, -0.05) is 71.9 Å². The van der Waals surface area contributed by atoms with Crippen molar-refractivity contribution in [2.45, 2.75) is 136 Å². The van der Waals surface area contributed by atoms with Gasteiger partial charge in [-0.05, 0) is 75.3 Å². The number of hydrogen-bond donors (Lipinski definition) is 3. The van der Waals surface area contributed by atoms with Gasteiger partial charge in [0.1, 0.15) is 35.4 Å². The number of fused-ring (bicyclic) bond motifs is 1. The third-order valence-corrected chi connectivity index (χ3v) is 15.2. The molecule has 1 saturated heterocycles. The van der Waals surface area contributed by atoms with Crippen molar-refractivity contribution in [2.75, 3.05) is 60.4 Å². The summed E-state index contributed by atoms with van der Waals surface area (Å²) in [6.45, 7) is 13.1. The SMILES string of the molecule is CC[C@@H]1C(=O)N(C)c2cnc(Nc3ccc(C(=O)NCCCCCCOC4CCN(c5ncc(C(=O)NC6C(C)(C)C(Oc7ccc(C#N)c(Cl)c7)C6(C)C)cn5)CC4)cc3OC)nc2N1C1CCCC1. The first-order valence-electron chi connectivity index (χ1n) is 25.2. The Morgan fingerprint density at radius 3 is 2.30 bits per heavy atom. The zero-order valence-electron chi connectivity index (χ0n) is 42.1. The van der Waals surface area contributed by atoms with Crippen LogP contribution in [0.25, 0.3) is 0 Å². The van der Waals surface area contributed by atoms with E-state index in [1.54, 1.807) is 74.0 Å². The van der Waals surface area contributed by atoms with Crippen molar-refractivity contribution in [2.24, 2.45) is 10.8 Å². The van der Waals surface area contributed by atoms with Crippen LogP contribution in [-0.4, -0.2) is 108 Å².